The number of halogens is 1. The molecule has 1 aliphatic carbocycles. The van der Waals surface area contributed by atoms with Crippen LogP contribution in [0.25, 0.3) is 0 Å². The first-order valence-electron chi connectivity index (χ1n) is 9.97. The van der Waals surface area contributed by atoms with Crippen molar-refractivity contribution < 1.29 is 14.3 Å². The van der Waals surface area contributed by atoms with Gasteiger partial charge in [0.05, 0.1) is 25.6 Å². The van der Waals surface area contributed by atoms with E-state index in [1.165, 1.54) is 25.5 Å². The molecule has 2 aliphatic rings. The van der Waals surface area contributed by atoms with Gasteiger partial charge in [-0.05, 0) is 38.7 Å². The number of guanidine groups is 1. The minimum atomic E-state index is -0.270. The summed E-state index contributed by atoms with van der Waals surface area (Å²) in [7, 11) is 1.41. The van der Waals surface area contributed by atoms with Crippen LogP contribution in [0.1, 0.15) is 57.6 Å². The fraction of sp³-hybridized carbons (Fsp3) is 0.619. The average molecular weight is 501 g/mol. The monoisotopic (exact) mass is 501 g/mol. The van der Waals surface area contributed by atoms with Crippen LogP contribution in [-0.2, 0) is 9.53 Å². The van der Waals surface area contributed by atoms with Crippen molar-refractivity contribution in [3.05, 3.63) is 29.8 Å². The topological polar surface area (TPSA) is 72.0 Å². The smallest absolute Gasteiger partial charge is 0.310 e. The van der Waals surface area contributed by atoms with Crippen molar-refractivity contribution in [1.82, 2.24) is 10.6 Å². The second-order valence-electron chi connectivity index (χ2n) is 7.57. The molecule has 156 valence electrons. The molecule has 2 unspecified atom stereocenters. The maximum absolute atomic E-state index is 11.7. The highest BCUT2D eigenvalue weighted by Gasteiger charge is 2.43. The quantitative estimate of drug-likeness (QED) is 0.278. The van der Waals surface area contributed by atoms with Crippen molar-refractivity contribution in [2.75, 3.05) is 20.2 Å². The molecule has 1 heterocycles. The van der Waals surface area contributed by atoms with Crippen molar-refractivity contribution in [1.29, 1.82) is 0 Å². The van der Waals surface area contributed by atoms with E-state index in [-0.39, 0.29) is 47.5 Å². The summed E-state index contributed by atoms with van der Waals surface area (Å²) in [4.78, 5) is 16.3. The molecule has 0 radical (unpaired) electrons. The van der Waals surface area contributed by atoms with Gasteiger partial charge in [-0.1, -0.05) is 25.1 Å². The van der Waals surface area contributed by atoms with E-state index in [9.17, 15) is 4.79 Å². The summed E-state index contributed by atoms with van der Waals surface area (Å²) >= 11 is 0. The first-order chi connectivity index (χ1) is 13.1. The van der Waals surface area contributed by atoms with Crippen LogP contribution in [0.3, 0.4) is 0 Å². The Labute approximate surface area is 184 Å². The minimum Gasteiger partial charge on any atom is -0.487 e. The summed E-state index contributed by atoms with van der Waals surface area (Å²) in [5.74, 6) is 1.19. The minimum absolute atomic E-state index is 0. The Morgan fingerprint density at radius 1 is 1.36 bits per heavy atom. The molecule has 6 nitrogen and oxygen atoms in total. The highest BCUT2D eigenvalue weighted by molar-refractivity contribution is 14.0. The van der Waals surface area contributed by atoms with E-state index in [2.05, 4.69) is 27.8 Å². The van der Waals surface area contributed by atoms with Crippen LogP contribution >= 0.6 is 24.0 Å². The van der Waals surface area contributed by atoms with Crippen molar-refractivity contribution in [3.63, 3.8) is 0 Å². The molecule has 2 atom stereocenters. The largest absolute Gasteiger partial charge is 0.487 e. The van der Waals surface area contributed by atoms with E-state index in [4.69, 9.17) is 9.47 Å². The third kappa shape index (κ3) is 5.30. The Morgan fingerprint density at radius 3 is 2.75 bits per heavy atom. The molecule has 1 aromatic rings. The Kier molecular flexibility index (Phi) is 8.39. The summed E-state index contributed by atoms with van der Waals surface area (Å²) in [5, 5.41) is 6.88. The van der Waals surface area contributed by atoms with Crippen LogP contribution < -0.4 is 15.4 Å². The molecule has 1 spiro atoms. The van der Waals surface area contributed by atoms with Gasteiger partial charge in [0, 0.05) is 18.5 Å². The first-order valence-corrected chi connectivity index (χ1v) is 9.97. The van der Waals surface area contributed by atoms with Gasteiger partial charge >= 0.3 is 5.97 Å². The van der Waals surface area contributed by atoms with Crippen LogP contribution in [0, 0.1) is 5.92 Å². The number of carbonyl (C=O) groups excluding carboxylic acids is 1. The molecule has 1 saturated carbocycles. The van der Waals surface area contributed by atoms with Crippen LogP contribution in [0.4, 0.5) is 0 Å². The fourth-order valence-corrected chi connectivity index (χ4v) is 4.06. The maximum Gasteiger partial charge on any atom is 0.310 e. The summed E-state index contributed by atoms with van der Waals surface area (Å²) in [6, 6.07) is 8.40. The van der Waals surface area contributed by atoms with Crippen LogP contribution in [0.15, 0.2) is 29.3 Å². The Bertz CT molecular complexity index is 689. The number of carbonyl (C=O) groups is 1. The van der Waals surface area contributed by atoms with E-state index in [0.29, 0.717) is 6.54 Å². The van der Waals surface area contributed by atoms with Gasteiger partial charge in [0.25, 0.3) is 0 Å². The van der Waals surface area contributed by atoms with Crippen LogP contribution in [-0.4, -0.2) is 37.7 Å². The molecule has 28 heavy (non-hydrogen) atoms. The first kappa shape index (κ1) is 22.8. The van der Waals surface area contributed by atoms with E-state index < -0.39 is 0 Å². The molecular formula is C21H32IN3O3. The summed E-state index contributed by atoms with van der Waals surface area (Å²) < 4.78 is 11.2. The van der Waals surface area contributed by atoms with Crippen molar-refractivity contribution in [3.8, 4) is 5.75 Å². The van der Waals surface area contributed by atoms with Gasteiger partial charge in [0.15, 0.2) is 5.96 Å². The highest BCUT2D eigenvalue weighted by atomic mass is 127. The molecule has 0 saturated heterocycles. The summed E-state index contributed by atoms with van der Waals surface area (Å²) in [6.45, 7) is 5.01. The lowest BCUT2D eigenvalue weighted by Crippen LogP contribution is -2.46. The fourth-order valence-electron chi connectivity index (χ4n) is 4.06. The van der Waals surface area contributed by atoms with E-state index in [0.717, 1.165) is 37.5 Å². The predicted molar refractivity (Wildman–Crippen MR) is 121 cm³/mol. The highest BCUT2D eigenvalue weighted by Crippen LogP contribution is 2.46. The van der Waals surface area contributed by atoms with Gasteiger partial charge in [0.1, 0.15) is 11.4 Å². The molecular weight excluding hydrogens is 469 g/mol. The lowest BCUT2D eigenvalue weighted by molar-refractivity contribution is -0.144. The average Bonchev–Trinajstić information content (AvgIpc) is 3.12. The molecule has 7 heteroatoms. The Hall–Kier alpha value is -1.51. The van der Waals surface area contributed by atoms with Crippen molar-refractivity contribution >= 4 is 35.9 Å². The number of methoxy groups -OCH3 is 1. The predicted octanol–water partition coefficient (Wildman–Crippen LogP) is 3.81. The number of ether oxygens (including phenoxy) is 2. The standard InChI is InChI=1S/C21H31N3O3.HI/c1-4-22-20(23-14-15(2)19(25)26-3)24-17-13-21(11-7-8-12-21)27-18-10-6-5-9-16(17)18;/h5-6,9-10,15,17H,4,7-8,11-14H2,1-3H3,(H2,22,23,24);1H. The molecule has 0 amide bonds. The van der Waals surface area contributed by atoms with Gasteiger partial charge in [0.2, 0.25) is 0 Å². The lowest BCUT2D eigenvalue weighted by atomic mass is 9.86. The number of hydrogen-bond donors (Lipinski definition) is 2. The molecule has 1 aliphatic heterocycles. The molecule has 1 fully saturated rings. The van der Waals surface area contributed by atoms with Crippen molar-refractivity contribution in [2.24, 2.45) is 10.9 Å². The lowest BCUT2D eigenvalue weighted by Gasteiger charge is -2.40. The Balaban J connectivity index is 0.00000280. The van der Waals surface area contributed by atoms with E-state index in [1.54, 1.807) is 0 Å². The number of nitrogens with one attached hydrogen (secondary N) is 2. The number of hydrogen-bond acceptors (Lipinski definition) is 4. The number of aliphatic imine (C=N–C) groups is 1. The molecule has 1 aromatic carbocycles. The Morgan fingerprint density at radius 2 is 2.07 bits per heavy atom. The van der Waals surface area contributed by atoms with Gasteiger partial charge in [-0.25, -0.2) is 0 Å². The number of para-hydroxylation sites is 1. The van der Waals surface area contributed by atoms with Gasteiger partial charge in [-0.3, -0.25) is 9.79 Å². The normalized spacial score (nSPS) is 21.1. The second-order valence-corrected chi connectivity index (χ2v) is 7.57. The molecule has 0 bridgehead atoms. The molecule has 2 N–H and O–H groups in total. The third-order valence-corrected chi connectivity index (χ3v) is 5.49. The zero-order chi connectivity index (χ0) is 19.3. The number of nitrogens with zero attached hydrogens (tertiary/aromatic N) is 1. The van der Waals surface area contributed by atoms with Crippen LogP contribution in [0.5, 0.6) is 5.75 Å². The van der Waals surface area contributed by atoms with Crippen LogP contribution in [0.2, 0.25) is 0 Å². The maximum atomic E-state index is 11.7. The van der Waals surface area contributed by atoms with Crippen molar-refractivity contribution in [2.45, 2.75) is 57.6 Å². The zero-order valence-corrected chi connectivity index (χ0v) is 19.3. The van der Waals surface area contributed by atoms with E-state index >= 15 is 0 Å². The number of rotatable bonds is 5. The van der Waals surface area contributed by atoms with E-state index in [1.807, 2.05) is 26.0 Å². The number of esters is 1. The second kappa shape index (κ2) is 10.3. The SMILES string of the molecule is CCNC(=NCC(C)C(=O)OC)NC1CC2(CCCC2)Oc2ccccc21.I. The number of fused-ring (bicyclic) bond motifs is 1. The summed E-state index contributed by atoms with van der Waals surface area (Å²) in [6.07, 6.45) is 5.58. The van der Waals surface area contributed by atoms with Gasteiger partial charge in [-0.2, -0.15) is 0 Å². The zero-order valence-electron chi connectivity index (χ0n) is 17.0. The summed E-state index contributed by atoms with van der Waals surface area (Å²) in [5.41, 5.74) is 1.10. The molecule has 3 rings (SSSR count). The van der Waals surface area contributed by atoms with Gasteiger partial charge < -0.3 is 20.1 Å². The molecule has 0 aromatic heterocycles. The van der Waals surface area contributed by atoms with Gasteiger partial charge in [-0.15, -0.1) is 24.0 Å². The third-order valence-electron chi connectivity index (χ3n) is 5.49. The number of benzene rings is 1.